The minimum atomic E-state index is -0.235. The number of aryl methyl sites for hydroxylation is 1. The van der Waals surface area contributed by atoms with Crippen LogP contribution in [0.25, 0.3) is 16.6 Å². The first-order chi connectivity index (χ1) is 14.6. The summed E-state index contributed by atoms with van der Waals surface area (Å²) < 4.78 is 15.3. The number of fused-ring (bicyclic) bond motifs is 2. The molecule has 0 bridgehead atoms. The molecule has 150 valence electrons. The molecule has 2 aliphatic rings. The Labute approximate surface area is 175 Å². The SMILES string of the molecule is Cc1cc2c(cnn2-c2ccc(F)cc2)cc1[C@@]12CNC[C@@H]1[C@@]2(C)c1ccccc1. The predicted octanol–water partition coefficient (Wildman–Crippen LogP) is 4.90. The topological polar surface area (TPSA) is 29.9 Å². The molecule has 30 heavy (non-hydrogen) atoms. The van der Waals surface area contributed by atoms with E-state index in [0.29, 0.717) is 5.92 Å². The fourth-order valence-corrected chi connectivity index (χ4v) is 6.14. The van der Waals surface area contributed by atoms with Crippen LogP contribution in [0.2, 0.25) is 0 Å². The zero-order valence-electron chi connectivity index (χ0n) is 17.2. The van der Waals surface area contributed by atoms with Gasteiger partial charge in [0.25, 0.3) is 0 Å². The first-order valence-corrected chi connectivity index (χ1v) is 10.6. The Morgan fingerprint density at radius 2 is 1.83 bits per heavy atom. The lowest BCUT2D eigenvalue weighted by Gasteiger charge is -2.26. The van der Waals surface area contributed by atoms with Gasteiger partial charge in [-0.05, 0) is 72.5 Å². The van der Waals surface area contributed by atoms with Crippen molar-refractivity contribution >= 4 is 10.9 Å². The lowest BCUT2D eigenvalue weighted by atomic mass is 9.80. The molecular weight excluding hydrogens is 373 g/mol. The van der Waals surface area contributed by atoms with Gasteiger partial charge in [0.1, 0.15) is 5.82 Å². The van der Waals surface area contributed by atoms with Crippen LogP contribution in [-0.4, -0.2) is 22.9 Å². The van der Waals surface area contributed by atoms with Crippen LogP contribution in [0.5, 0.6) is 0 Å². The first-order valence-electron chi connectivity index (χ1n) is 10.6. The molecule has 0 spiro atoms. The average Bonchev–Trinajstić information content (AvgIpc) is 3.15. The standard InChI is InChI=1S/C26H24FN3/c1-17-12-23-18(14-29-30(23)21-10-8-20(27)9-11-21)13-22(17)26-16-28-15-24(26)25(26,2)19-6-4-3-5-7-19/h3-14,24,28H,15-16H2,1-2H3/t24-,25-,26+/m1/s1. The fraction of sp³-hybridized carbons (Fsp3) is 0.269. The molecular formula is C26H24FN3. The van der Waals surface area contributed by atoms with Crippen LogP contribution >= 0.6 is 0 Å². The van der Waals surface area contributed by atoms with Gasteiger partial charge in [0, 0.05) is 22.8 Å². The molecule has 2 fully saturated rings. The van der Waals surface area contributed by atoms with E-state index >= 15 is 0 Å². The summed E-state index contributed by atoms with van der Waals surface area (Å²) in [6.07, 6.45) is 1.93. The third kappa shape index (κ3) is 2.15. The number of benzene rings is 3. The van der Waals surface area contributed by atoms with Gasteiger partial charge in [-0.1, -0.05) is 37.3 Å². The quantitative estimate of drug-likeness (QED) is 0.533. The van der Waals surface area contributed by atoms with Gasteiger partial charge in [-0.2, -0.15) is 5.10 Å². The van der Waals surface area contributed by atoms with Gasteiger partial charge in [0.15, 0.2) is 0 Å². The highest BCUT2D eigenvalue weighted by atomic mass is 19.1. The van der Waals surface area contributed by atoms with Crippen LogP contribution < -0.4 is 5.32 Å². The number of piperidine rings is 1. The van der Waals surface area contributed by atoms with Crippen molar-refractivity contribution in [2.75, 3.05) is 13.1 Å². The third-order valence-corrected chi connectivity index (χ3v) is 7.73. The molecule has 4 aromatic rings. The lowest BCUT2D eigenvalue weighted by Crippen LogP contribution is -2.31. The maximum absolute atomic E-state index is 13.4. The van der Waals surface area contributed by atoms with Crippen LogP contribution in [0.3, 0.4) is 0 Å². The summed E-state index contributed by atoms with van der Waals surface area (Å²) in [6, 6.07) is 22.0. The van der Waals surface area contributed by atoms with Crippen molar-refractivity contribution in [3.8, 4) is 5.69 Å². The number of hydrogen-bond acceptors (Lipinski definition) is 2. The van der Waals surface area contributed by atoms with Crippen LogP contribution in [0.4, 0.5) is 4.39 Å². The molecule has 6 rings (SSSR count). The Kier molecular flexibility index (Phi) is 3.58. The van der Waals surface area contributed by atoms with Crippen LogP contribution in [0, 0.1) is 18.7 Å². The van der Waals surface area contributed by atoms with Gasteiger partial charge in [-0.15, -0.1) is 0 Å². The van der Waals surface area contributed by atoms with Crippen molar-refractivity contribution in [3.63, 3.8) is 0 Å². The number of halogens is 1. The smallest absolute Gasteiger partial charge is 0.123 e. The second-order valence-electron chi connectivity index (χ2n) is 8.98. The van der Waals surface area contributed by atoms with Crippen molar-refractivity contribution < 1.29 is 4.39 Å². The van der Waals surface area contributed by atoms with Crippen molar-refractivity contribution in [2.45, 2.75) is 24.7 Å². The Morgan fingerprint density at radius 3 is 2.60 bits per heavy atom. The molecule has 3 nitrogen and oxygen atoms in total. The number of hydrogen-bond donors (Lipinski definition) is 1. The molecule has 1 aromatic heterocycles. The Morgan fingerprint density at radius 1 is 1.07 bits per heavy atom. The third-order valence-electron chi connectivity index (χ3n) is 7.73. The molecule has 1 saturated heterocycles. The van der Waals surface area contributed by atoms with Crippen LogP contribution in [0.1, 0.15) is 23.6 Å². The zero-order chi connectivity index (χ0) is 20.5. The van der Waals surface area contributed by atoms with E-state index in [1.807, 2.05) is 10.9 Å². The van der Waals surface area contributed by atoms with E-state index in [9.17, 15) is 4.39 Å². The number of rotatable bonds is 3. The summed E-state index contributed by atoms with van der Waals surface area (Å²) in [5, 5.41) is 9.38. The van der Waals surface area contributed by atoms with Crippen molar-refractivity contribution in [3.05, 3.63) is 95.4 Å². The van der Waals surface area contributed by atoms with Crippen molar-refractivity contribution in [1.29, 1.82) is 0 Å². The zero-order valence-corrected chi connectivity index (χ0v) is 17.2. The second kappa shape index (κ2) is 6.02. The second-order valence-corrected chi connectivity index (χ2v) is 8.98. The van der Waals surface area contributed by atoms with E-state index < -0.39 is 0 Å². The monoisotopic (exact) mass is 397 g/mol. The highest BCUT2D eigenvalue weighted by Gasteiger charge is 2.76. The van der Waals surface area contributed by atoms with Gasteiger partial charge in [0.05, 0.1) is 17.4 Å². The maximum Gasteiger partial charge on any atom is 0.123 e. The van der Waals surface area contributed by atoms with E-state index in [0.717, 1.165) is 29.7 Å². The molecule has 3 atom stereocenters. The summed E-state index contributed by atoms with van der Waals surface area (Å²) in [6.45, 7) is 6.70. The normalized spacial score (nSPS) is 27.4. The Balaban J connectivity index is 1.49. The molecule has 4 heteroatoms. The molecule has 1 saturated carbocycles. The van der Waals surface area contributed by atoms with Gasteiger partial charge >= 0.3 is 0 Å². The molecule has 2 heterocycles. The molecule has 1 aliphatic carbocycles. The summed E-state index contributed by atoms with van der Waals surface area (Å²) in [5.41, 5.74) is 6.34. The van der Waals surface area contributed by atoms with E-state index in [-0.39, 0.29) is 16.6 Å². The van der Waals surface area contributed by atoms with Gasteiger partial charge in [-0.25, -0.2) is 9.07 Å². The lowest BCUT2D eigenvalue weighted by molar-refractivity contribution is 0.522. The minimum Gasteiger partial charge on any atom is -0.315 e. The largest absolute Gasteiger partial charge is 0.315 e. The summed E-state index contributed by atoms with van der Waals surface area (Å²) >= 11 is 0. The molecule has 0 amide bonds. The highest BCUT2D eigenvalue weighted by Crippen LogP contribution is 2.72. The Hall–Kier alpha value is -2.98. The maximum atomic E-state index is 13.4. The van der Waals surface area contributed by atoms with E-state index in [2.05, 4.69) is 66.7 Å². The average molecular weight is 397 g/mol. The molecule has 1 aliphatic heterocycles. The van der Waals surface area contributed by atoms with E-state index in [1.165, 1.54) is 28.8 Å². The van der Waals surface area contributed by atoms with Gasteiger partial charge in [0.2, 0.25) is 0 Å². The number of aromatic nitrogens is 2. The van der Waals surface area contributed by atoms with Gasteiger partial charge in [-0.3, -0.25) is 0 Å². The van der Waals surface area contributed by atoms with Crippen LogP contribution in [-0.2, 0) is 10.8 Å². The summed E-state index contributed by atoms with van der Waals surface area (Å²) in [5.74, 6) is 0.358. The Bertz CT molecular complexity index is 1260. The summed E-state index contributed by atoms with van der Waals surface area (Å²) in [7, 11) is 0. The van der Waals surface area contributed by atoms with E-state index in [1.54, 1.807) is 12.1 Å². The molecule has 0 radical (unpaired) electrons. The van der Waals surface area contributed by atoms with Crippen molar-refractivity contribution in [1.82, 2.24) is 15.1 Å². The summed E-state index contributed by atoms with van der Waals surface area (Å²) in [4.78, 5) is 0. The number of nitrogens with one attached hydrogen (secondary N) is 1. The van der Waals surface area contributed by atoms with Gasteiger partial charge < -0.3 is 5.32 Å². The number of nitrogens with zero attached hydrogens (tertiary/aromatic N) is 2. The molecule has 3 aromatic carbocycles. The first kappa shape index (κ1) is 17.8. The fourth-order valence-electron chi connectivity index (χ4n) is 6.14. The predicted molar refractivity (Wildman–Crippen MR) is 118 cm³/mol. The van der Waals surface area contributed by atoms with E-state index in [4.69, 9.17) is 0 Å². The highest BCUT2D eigenvalue weighted by molar-refractivity contribution is 5.83. The molecule has 1 N–H and O–H groups in total. The van der Waals surface area contributed by atoms with Crippen LogP contribution in [0.15, 0.2) is 72.9 Å². The molecule has 0 unspecified atom stereocenters. The minimum absolute atomic E-state index is 0.116. The van der Waals surface area contributed by atoms with Crippen molar-refractivity contribution in [2.24, 2.45) is 5.92 Å².